The van der Waals surface area contributed by atoms with Crippen molar-refractivity contribution in [2.75, 3.05) is 13.1 Å². The molecule has 0 radical (unpaired) electrons. The Morgan fingerprint density at radius 1 is 0.893 bits per heavy atom. The molecule has 4 rings (SSSR count). The van der Waals surface area contributed by atoms with Crippen LogP contribution in [-0.2, 0) is 12.1 Å². The number of rotatable bonds is 5. The van der Waals surface area contributed by atoms with Crippen molar-refractivity contribution in [2.45, 2.75) is 18.6 Å². The maximum atomic E-state index is 13.4. The van der Waals surface area contributed by atoms with E-state index in [4.69, 9.17) is 0 Å². The first-order valence-electron chi connectivity index (χ1n) is 9.80. The molecule has 1 fully saturated rings. The van der Waals surface area contributed by atoms with E-state index in [-0.39, 0.29) is 5.78 Å². The lowest BCUT2D eigenvalue weighted by molar-refractivity contribution is -0.0658. The minimum atomic E-state index is -1.15. The predicted octanol–water partition coefficient (Wildman–Crippen LogP) is 4.28. The highest BCUT2D eigenvalue weighted by molar-refractivity contribution is 5.99. The third-order valence-corrected chi connectivity index (χ3v) is 5.72. The Balaban J connectivity index is 1.65. The summed E-state index contributed by atoms with van der Waals surface area (Å²) in [5.41, 5.74) is 1.55. The van der Waals surface area contributed by atoms with Gasteiger partial charge in [0.2, 0.25) is 0 Å². The van der Waals surface area contributed by atoms with E-state index in [0.717, 1.165) is 18.7 Å². The topological polar surface area (TPSA) is 40.5 Å². The molecule has 1 saturated heterocycles. The van der Waals surface area contributed by atoms with Crippen molar-refractivity contribution in [1.82, 2.24) is 4.90 Å². The van der Waals surface area contributed by atoms with Crippen molar-refractivity contribution >= 4 is 5.78 Å². The number of carbonyl (C=O) groups excluding carboxylic acids is 1. The summed E-state index contributed by atoms with van der Waals surface area (Å²) in [4.78, 5) is 15.7. The lowest BCUT2D eigenvalue weighted by Crippen LogP contribution is -2.52. The normalized spacial score (nSPS) is 22.7. The molecule has 1 heterocycles. The molecule has 0 aliphatic carbocycles. The first-order valence-corrected chi connectivity index (χ1v) is 9.80. The largest absolute Gasteiger partial charge is 0.384 e. The van der Waals surface area contributed by atoms with Gasteiger partial charge < -0.3 is 5.11 Å². The molecule has 0 unspecified atom stereocenters. The van der Waals surface area contributed by atoms with Crippen molar-refractivity contribution in [1.29, 1.82) is 0 Å². The lowest BCUT2D eigenvalue weighted by atomic mass is 9.72. The second-order valence-electron chi connectivity index (χ2n) is 7.54. The van der Waals surface area contributed by atoms with Gasteiger partial charge in [-0.25, -0.2) is 0 Å². The minimum absolute atomic E-state index is 0.00437. The number of aliphatic hydroxyl groups is 1. The fourth-order valence-electron chi connectivity index (χ4n) is 4.16. The molecule has 1 aliphatic heterocycles. The maximum Gasteiger partial charge on any atom is 0.170 e. The second kappa shape index (κ2) is 8.09. The molecule has 0 spiro atoms. The van der Waals surface area contributed by atoms with Crippen LogP contribution in [0.3, 0.4) is 0 Å². The molecule has 1 N–H and O–H groups in total. The van der Waals surface area contributed by atoms with Gasteiger partial charge in [-0.2, -0.15) is 0 Å². The standard InChI is InChI=1S/C25H25NO2/c27-24(21-12-6-2-7-13-21)23-19-26(18-20-10-4-1-5-11-20)17-16-25(23,28)22-14-8-3-9-15-22/h1-15,23,28H,16-19H2/t23-,25+/m0/s1. The van der Waals surface area contributed by atoms with Crippen LogP contribution < -0.4 is 0 Å². The van der Waals surface area contributed by atoms with Crippen molar-refractivity contribution < 1.29 is 9.90 Å². The van der Waals surface area contributed by atoms with Crippen molar-refractivity contribution in [3.8, 4) is 0 Å². The molecule has 2 atom stereocenters. The highest BCUT2D eigenvalue weighted by Crippen LogP contribution is 2.39. The number of hydrogen-bond donors (Lipinski definition) is 1. The summed E-state index contributed by atoms with van der Waals surface area (Å²) in [5, 5.41) is 11.7. The van der Waals surface area contributed by atoms with E-state index in [0.29, 0.717) is 18.5 Å². The minimum Gasteiger partial charge on any atom is -0.384 e. The first-order chi connectivity index (χ1) is 13.7. The van der Waals surface area contributed by atoms with Gasteiger partial charge in [-0.15, -0.1) is 0 Å². The van der Waals surface area contributed by atoms with Gasteiger partial charge in [0.05, 0.1) is 5.92 Å². The SMILES string of the molecule is O=C(c1ccccc1)[C@@H]1CN(Cc2ccccc2)CC[C@@]1(O)c1ccccc1. The molecule has 0 bridgehead atoms. The van der Waals surface area contributed by atoms with Crippen LogP contribution in [-0.4, -0.2) is 28.9 Å². The van der Waals surface area contributed by atoms with E-state index in [2.05, 4.69) is 17.0 Å². The summed E-state index contributed by atoms with van der Waals surface area (Å²) in [7, 11) is 0. The molecule has 3 aromatic rings. The predicted molar refractivity (Wildman–Crippen MR) is 111 cm³/mol. The number of Topliss-reactive ketones (excluding diaryl/α,β-unsaturated/α-hetero) is 1. The third-order valence-electron chi connectivity index (χ3n) is 5.72. The fourth-order valence-corrected chi connectivity index (χ4v) is 4.16. The first kappa shape index (κ1) is 18.6. The molecular weight excluding hydrogens is 346 g/mol. The number of nitrogens with zero attached hydrogens (tertiary/aromatic N) is 1. The summed E-state index contributed by atoms with van der Waals surface area (Å²) in [6.07, 6.45) is 0.535. The van der Waals surface area contributed by atoms with Crippen LogP contribution in [0, 0.1) is 5.92 Å². The van der Waals surface area contributed by atoms with Gasteiger partial charge in [-0.05, 0) is 17.5 Å². The number of piperidine rings is 1. The number of ketones is 1. The quantitative estimate of drug-likeness (QED) is 0.681. The molecule has 0 saturated carbocycles. The Labute approximate surface area is 166 Å². The van der Waals surface area contributed by atoms with E-state index in [1.54, 1.807) is 0 Å². The molecule has 142 valence electrons. The van der Waals surface area contributed by atoms with Gasteiger partial charge in [0.1, 0.15) is 5.60 Å². The van der Waals surface area contributed by atoms with Crippen molar-refractivity contribution in [2.24, 2.45) is 5.92 Å². The van der Waals surface area contributed by atoms with E-state index in [9.17, 15) is 9.90 Å². The Bertz CT molecular complexity index is 911. The number of hydrogen-bond acceptors (Lipinski definition) is 3. The van der Waals surface area contributed by atoms with Crippen molar-refractivity contribution in [3.63, 3.8) is 0 Å². The van der Waals surface area contributed by atoms with Crippen LogP contribution in [0.25, 0.3) is 0 Å². The van der Waals surface area contributed by atoms with E-state index >= 15 is 0 Å². The lowest BCUT2D eigenvalue weighted by Gasteiger charge is -2.44. The van der Waals surface area contributed by atoms with E-state index in [1.165, 1.54) is 5.56 Å². The molecule has 0 amide bonds. The average molecular weight is 371 g/mol. The maximum absolute atomic E-state index is 13.4. The van der Waals surface area contributed by atoms with Gasteiger partial charge in [0.15, 0.2) is 5.78 Å². The molecular formula is C25H25NO2. The zero-order chi connectivity index (χ0) is 19.4. The zero-order valence-corrected chi connectivity index (χ0v) is 15.9. The highest BCUT2D eigenvalue weighted by Gasteiger charge is 2.46. The number of likely N-dealkylation sites (tertiary alicyclic amines) is 1. The summed E-state index contributed by atoms with van der Waals surface area (Å²) >= 11 is 0. The van der Waals surface area contributed by atoms with Gasteiger partial charge in [0.25, 0.3) is 0 Å². The molecule has 3 heteroatoms. The monoisotopic (exact) mass is 371 g/mol. The smallest absolute Gasteiger partial charge is 0.170 e. The van der Waals surface area contributed by atoms with E-state index < -0.39 is 11.5 Å². The summed E-state index contributed by atoms with van der Waals surface area (Å²) < 4.78 is 0. The van der Waals surface area contributed by atoms with Crippen LogP contribution in [0.5, 0.6) is 0 Å². The molecule has 0 aromatic heterocycles. The fraction of sp³-hybridized carbons (Fsp3) is 0.240. The molecule has 3 nitrogen and oxygen atoms in total. The van der Waals surface area contributed by atoms with Gasteiger partial charge in [-0.3, -0.25) is 9.69 Å². The third kappa shape index (κ3) is 3.77. The highest BCUT2D eigenvalue weighted by atomic mass is 16.3. The van der Waals surface area contributed by atoms with Gasteiger partial charge >= 0.3 is 0 Å². The Morgan fingerprint density at radius 2 is 1.46 bits per heavy atom. The van der Waals surface area contributed by atoms with Crippen LogP contribution in [0.15, 0.2) is 91.0 Å². The van der Waals surface area contributed by atoms with Crippen molar-refractivity contribution in [3.05, 3.63) is 108 Å². The van der Waals surface area contributed by atoms with Crippen LogP contribution >= 0.6 is 0 Å². The molecule has 28 heavy (non-hydrogen) atoms. The zero-order valence-electron chi connectivity index (χ0n) is 15.9. The summed E-state index contributed by atoms with van der Waals surface area (Å²) in [6, 6.07) is 29.3. The second-order valence-corrected chi connectivity index (χ2v) is 7.54. The Hall–Kier alpha value is -2.75. The summed E-state index contributed by atoms with van der Waals surface area (Å²) in [5.74, 6) is -0.500. The van der Waals surface area contributed by atoms with Gasteiger partial charge in [0, 0.05) is 25.2 Å². The van der Waals surface area contributed by atoms with E-state index in [1.807, 2.05) is 78.9 Å². The molecule has 3 aromatic carbocycles. The Kier molecular flexibility index (Phi) is 5.38. The Morgan fingerprint density at radius 3 is 2.11 bits per heavy atom. The molecule has 1 aliphatic rings. The van der Waals surface area contributed by atoms with Crippen LogP contribution in [0.1, 0.15) is 27.9 Å². The van der Waals surface area contributed by atoms with Crippen LogP contribution in [0.4, 0.5) is 0 Å². The van der Waals surface area contributed by atoms with Crippen LogP contribution in [0.2, 0.25) is 0 Å². The number of carbonyl (C=O) groups is 1. The average Bonchev–Trinajstić information content (AvgIpc) is 2.77. The van der Waals surface area contributed by atoms with Gasteiger partial charge in [-0.1, -0.05) is 91.0 Å². The summed E-state index contributed by atoms with van der Waals surface area (Å²) in [6.45, 7) is 2.07. The number of benzene rings is 3.